The number of amides is 1. The minimum Gasteiger partial charge on any atom is -0.475 e. The molecule has 4 rings (SSSR count). The molecule has 2 heterocycles. The molecule has 0 fully saturated rings. The predicted molar refractivity (Wildman–Crippen MR) is 145 cm³/mol. The third kappa shape index (κ3) is 6.35. The molecular weight excluding hydrogens is 488 g/mol. The van der Waals surface area contributed by atoms with Gasteiger partial charge in [-0.15, -0.1) is 0 Å². The lowest BCUT2D eigenvalue weighted by Gasteiger charge is -2.21. The molecule has 9 heteroatoms. The summed E-state index contributed by atoms with van der Waals surface area (Å²) in [7, 11) is -4.08. The second-order valence-electron chi connectivity index (χ2n) is 9.92. The first-order valence-corrected chi connectivity index (χ1v) is 13.7. The average molecular weight is 521 g/mol. The monoisotopic (exact) mass is 520 g/mol. The molecule has 194 valence electrons. The number of carbonyl (C=O) groups excluding carboxylic acids is 1. The maximum Gasteiger partial charge on any atom is 0.264 e. The Hall–Kier alpha value is -3.72. The van der Waals surface area contributed by atoms with Gasteiger partial charge >= 0.3 is 0 Å². The van der Waals surface area contributed by atoms with Crippen LogP contribution in [0.2, 0.25) is 0 Å². The van der Waals surface area contributed by atoms with Crippen LogP contribution in [0.15, 0.2) is 59.0 Å². The van der Waals surface area contributed by atoms with E-state index in [0.29, 0.717) is 18.0 Å². The first-order chi connectivity index (χ1) is 17.5. The molecule has 1 aliphatic heterocycles. The van der Waals surface area contributed by atoms with Crippen LogP contribution in [0, 0.1) is 12.8 Å². The van der Waals surface area contributed by atoms with Crippen molar-refractivity contribution < 1.29 is 17.9 Å². The maximum atomic E-state index is 13.2. The molecule has 2 aromatic carbocycles. The van der Waals surface area contributed by atoms with Gasteiger partial charge < -0.3 is 10.1 Å². The Balaban J connectivity index is 1.88. The van der Waals surface area contributed by atoms with Gasteiger partial charge in [0.25, 0.3) is 15.9 Å². The Morgan fingerprint density at radius 2 is 1.89 bits per heavy atom. The molecule has 0 saturated heterocycles. The van der Waals surface area contributed by atoms with Gasteiger partial charge in [0.05, 0.1) is 16.6 Å². The van der Waals surface area contributed by atoms with Crippen LogP contribution < -0.4 is 14.8 Å². The third-order valence-corrected chi connectivity index (χ3v) is 7.19. The number of fused-ring (bicyclic) bond motifs is 4. The van der Waals surface area contributed by atoms with Crippen molar-refractivity contribution in [2.45, 2.75) is 52.0 Å². The van der Waals surface area contributed by atoms with Crippen LogP contribution in [0.3, 0.4) is 0 Å². The van der Waals surface area contributed by atoms with E-state index in [1.165, 1.54) is 12.1 Å². The summed E-state index contributed by atoms with van der Waals surface area (Å²) < 4.78 is 35.0. The first-order valence-electron chi connectivity index (χ1n) is 12.2. The van der Waals surface area contributed by atoms with Crippen LogP contribution in [-0.2, 0) is 10.0 Å². The van der Waals surface area contributed by atoms with E-state index in [4.69, 9.17) is 4.74 Å². The van der Waals surface area contributed by atoms with Gasteiger partial charge in [-0.3, -0.25) is 4.79 Å². The van der Waals surface area contributed by atoms with Crippen LogP contribution in [0.1, 0.15) is 55.6 Å². The molecule has 1 amide bonds. The highest BCUT2D eigenvalue weighted by Crippen LogP contribution is 2.31. The molecule has 0 unspecified atom stereocenters. The van der Waals surface area contributed by atoms with Crippen molar-refractivity contribution in [2.24, 2.45) is 5.92 Å². The van der Waals surface area contributed by atoms with Gasteiger partial charge in [0.1, 0.15) is 6.61 Å². The molecule has 2 N–H and O–H groups in total. The highest BCUT2D eigenvalue weighted by Gasteiger charge is 2.23. The van der Waals surface area contributed by atoms with Crippen molar-refractivity contribution in [1.29, 1.82) is 0 Å². The topological polar surface area (TPSA) is 110 Å². The highest BCUT2D eigenvalue weighted by molar-refractivity contribution is 7.92. The van der Waals surface area contributed by atoms with Gasteiger partial charge in [-0.2, -0.15) is 4.98 Å². The molecule has 0 saturated carbocycles. The lowest BCUT2D eigenvalue weighted by Crippen LogP contribution is -2.40. The van der Waals surface area contributed by atoms with Gasteiger partial charge in [0.2, 0.25) is 11.8 Å². The first kappa shape index (κ1) is 26.3. The van der Waals surface area contributed by atoms with Crippen molar-refractivity contribution in [3.8, 4) is 17.1 Å². The van der Waals surface area contributed by atoms with E-state index in [-0.39, 0.29) is 40.8 Å². The van der Waals surface area contributed by atoms with Crippen LogP contribution in [0.5, 0.6) is 5.88 Å². The summed E-state index contributed by atoms with van der Waals surface area (Å²) in [5, 5.41) is 2.99. The Bertz CT molecular complexity index is 1460. The van der Waals surface area contributed by atoms with E-state index >= 15 is 0 Å². The molecule has 3 aromatic rings. The molecular formula is C28H32N4O4S. The number of anilines is 1. The summed E-state index contributed by atoms with van der Waals surface area (Å²) >= 11 is 0. The fraction of sp³-hybridized carbons (Fsp3) is 0.321. The predicted octanol–water partition coefficient (Wildman–Crippen LogP) is 5.21. The second kappa shape index (κ2) is 10.7. The zero-order valence-electron chi connectivity index (χ0n) is 21.7. The number of aromatic nitrogens is 2. The Morgan fingerprint density at radius 3 is 2.62 bits per heavy atom. The molecule has 1 aromatic heterocycles. The Kier molecular flexibility index (Phi) is 7.63. The zero-order valence-corrected chi connectivity index (χ0v) is 22.5. The van der Waals surface area contributed by atoms with E-state index < -0.39 is 10.0 Å². The van der Waals surface area contributed by atoms with E-state index in [9.17, 15) is 13.2 Å². The highest BCUT2D eigenvalue weighted by atomic mass is 32.2. The smallest absolute Gasteiger partial charge is 0.264 e. The van der Waals surface area contributed by atoms with E-state index in [2.05, 4.69) is 39.9 Å². The number of hydrogen-bond donors (Lipinski definition) is 2. The molecule has 0 spiro atoms. The van der Waals surface area contributed by atoms with Gasteiger partial charge in [-0.05, 0) is 62.4 Å². The molecule has 1 aliphatic rings. The summed E-state index contributed by atoms with van der Waals surface area (Å²) in [6.45, 7) is 10.3. The molecule has 8 nitrogen and oxygen atoms in total. The molecule has 0 aliphatic carbocycles. The number of aryl methyl sites for hydroxylation is 1. The van der Waals surface area contributed by atoms with Gasteiger partial charge in [0, 0.05) is 17.2 Å². The number of hydrogen-bond acceptors (Lipinski definition) is 6. The molecule has 1 atom stereocenters. The van der Waals surface area contributed by atoms with Crippen LogP contribution >= 0.6 is 0 Å². The fourth-order valence-electron chi connectivity index (χ4n) is 4.32. The quantitative estimate of drug-likeness (QED) is 0.488. The third-order valence-electron chi connectivity index (χ3n) is 5.86. The average Bonchev–Trinajstić information content (AvgIpc) is 2.81. The SMILES string of the molecule is CC(C)=Cc1cccc(C)c1-c1cc2nc(n1)NS(=O)(=O)c1cccc(c1)C(=O)N[C@H](CC(C)C)CO2. The van der Waals surface area contributed by atoms with E-state index in [1.54, 1.807) is 18.2 Å². The number of allylic oxidation sites excluding steroid dienone is 1. The molecule has 37 heavy (non-hydrogen) atoms. The lowest BCUT2D eigenvalue weighted by atomic mass is 9.97. The van der Waals surface area contributed by atoms with Gasteiger partial charge in [-0.1, -0.05) is 49.8 Å². The van der Waals surface area contributed by atoms with Gasteiger partial charge in [0.15, 0.2) is 0 Å². The van der Waals surface area contributed by atoms with Crippen LogP contribution in [0.4, 0.5) is 5.95 Å². The number of sulfonamides is 1. The van der Waals surface area contributed by atoms with Gasteiger partial charge in [-0.25, -0.2) is 18.1 Å². The second-order valence-corrected chi connectivity index (χ2v) is 11.6. The molecule has 0 radical (unpaired) electrons. The largest absolute Gasteiger partial charge is 0.475 e. The summed E-state index contributed by atoms with van der Waals surface area (Å²) in [4.78, 5) is 21.8. The summed E-state index contributed by atoms with van der Waals surface area (Å²) in [5.41, 5.74) is 4.67. The fourth-order valence-corrected chi connectivity index (χ4v) is 5.31. The standard InChI is InChI=1S/C28H32N4O4S/c1-17(2)12-20-9-6-8-19(5)26(20)24-15-25-31-28(30-24)32-37(34,35)23-11-7-10-21(14-23)27(33)29-22(16-36-25)13-18(3)4/h6-12,14-15,18,22H,13,16H2,1-5H3,(H,29,33)(H,30,31,32)/t22-/m1/s1. The molecule has 4 bridgehead atoms. The van der Waals surface area contributed by atoms with E-state index in [0.717, 1.165) is 22.3 Å². The lowest BCUT2D eigenvalue weighted by molar-refractivity contribution is 0.0913. The van der Waals surface area contributed by atoms with Crippen molar-refractivity contribution in [3.63, 3.8) is 0 Å². The summed E-state index contributed by atoms with van der Waals surface area (Å²) in [6, 6.07) is 13.2. The number of carbonyl (C=O) groups is 1. The summed E-state index contributed by atoms with van der Waals surface area (Å²) in [6.07, 6.45) is 2.73. The van der Waals surface area contributed by atoms with Crippen molar-refractivity contribution in [1.82, 2.24) is 15.3 Å². The van der Waals surface area contributed by atoms with Crippen LogP contribution in [0.25, 0.3) is 17.3 Å². The minimum atomic E-state index is -4.08. The van der Waals surface area contributed by atoms with Crippen molar-refractivity contribution in [2.75, 3.05) is 11.3 Å². The van der Waals surface area contributed by atoms with E-state index in [1.807, 2.05) is 39.0 Å². The summed E-state index contributed by atoms with van der Waals surface area (Å²) in [5.74, 6) is 0.0368. The normalized spacial score (nSPS) is 16.8. The number of nitrogens with one attached hydrogen (secondary N) is 2. The Morgan fingerprint density at radius 1 is 1.14 bits per heavy atom. The number of benzene rings is 2. The Labute approximate surface area is 218 Å². The maximum absolute atomic E-state index is 13.2. The van der Waals surface area contributed by atoms with Crippen molar-refractivity contribution in [3.05, 3.63) is 70.8 Å². The zero-order chi connectivity index (χ0) is 26.7. The van der Waals surface area contributed by atoms with Crippen molar-refractivity contribution >= 4 is 28.0 Å². The number of rotatable bonds is 4. The minimum absolute atomic E-state index is 0.0580. The number of ether oxygens (including phenoxy) is 1. The van der Waals surface area contributed by atoms with Crippen LogP contribution in [-0.4, -0.2) is 36.9 Å². The number of nitrogens with zero attached hydrogens (tertiary/aromatic N) is 2.